The quantitative estimate of drug-likeness (QED) is 0.469. The number of hydrogen-bond donors (Lipinski definition) is 0. The molecule has 0 aliphatic heterocycles. The molecule has 0 fully saturated rings. The SMILES string of the molecule is CC=CC(C(C)C(C)CC)N(F)/C=C/C. The highest BCUT2D eigenvalue weighted by Gasteiger charge is 2.23. The van der Waals surface area contributed by atoms with Gasteiger partial charge in [-0.2, -0.15) is 0 Å². The zero-order valence-electron chi connectivity index (χ0n) is 10.6. The monoisotopic (exact) mass is 213 g/mol. The van der Waals surface area contributed by atoms with Crippen LogP contribution in [0.15, 0.2) is 24.4 Å². The Morgan fingerprint density at radius 2 is 1.80 bits per heavy atom. The van der Waals surface area contributed by atoms with Crippen molar-refractivity contribution in [2.24, 2.45) is 11.8 Å². The molecule has 0 aliphatic carbocycles. The molecule has 15 heavy (non-hydrogen) atoms. The van der Waals surface area contributed by atoms with Crippen LogP contribution in [0, 0.1) is 11.8 Å². The van der Waals surface area contributed by atoms with Gasteiger partial charge in [-0.1, -0.05) is 49.9 Å². The summed E-state index contributed by atoms with van der Waals surface area (Å²) < 4.78 is 13.7. The van der Waals surface area contributed by atoms with Crippen LogP contribution < -0.4 is 0 Å². The summed E-state index contributed by atoms with van der Waals surface area (Å²) in [7, 11) is 0. The molecule has 3 unspecified atom stereocenters. The van der Waals surface area contributed by atoms with Gasteiger partial charge in [0.15, 0.2) is 0 Å². The first kappa shape index (κ1) is 14.2. The van der Waals surface area contributed by atoms with Crippen LogP contribution in [0.25, 0.3) is 0 Å². The molecular formula is C13H24FN. The second-order valence-corrected chi connectivity index (χ2v) is 4.09. The Labute approximate surface area is 93.6 Å². The Bertz CT molecular complexity index is 211. The lowest BCUT2D eigenvalue weighted by molar-refractivity contribution is 0.0218. The lowest BCUT2D eigenvalue weighted by Crippen LogP contribution is -2.32. The first-order chi connectivity index (χ1) is 7.08. The molecule has 0 saturated heterocycles. The van der Waals surface area contributed by atoms with E-state index < -0.39 is 0 Å². The third kappa shape index (κ3) is 4.50. The largest absolute Gasteiger partial charge is 0.212 e. The Balaban J connectivity index is 4.64. The minimum absolute atomic E-state index is 0.152. The van der Waals surface area contributed by atoms with Crippen molar-refractivity contribution in [3.8, 4) is 0 Å². The van der Waals surface area contributed by atoms with Crippen molar-refractivity contribution in [2.45, 2.75) is 47.1 Å². The Hall–Kier alpha value is -0.790. The van der Waals surface area contributed by atoms with Gasteiger partial charge in [0.2, 0.25) is 0 Å². The van der Waals surface area contributed by atoms with Crippen molar-refractivity contribution in [3.05, 3.63) is 24.4 Å². The second kappa shape index (κ2) is 7.49. The van der Waals surface area contributed by atoms with E-state index in [2.05, 4.69) is 20.8 Å². The van der Waals surface area contributed by atoms with Crippen LogP contribution in [0.4, 0.5) is 4.48 Å². The standard InChI is InChI=1S/C13H24FN/c1-6-9-13(15(14)10-7-2)12(5)11(4)8-3/h6-7,9-13H,8H2,1-5H3/b9-6?,10-7+. The summed E-state index contributed by atoms with van der Waals surface area (Å²) >= 11 is 0. The molecule has 0 aromatic carbocycles. The molecule has 88 valence electrons. The van der Waals surface area contributed by atoms with Gasteiger partial charge in [0.1, 0.15) is 0 Å². The van der Waals surface area contributed by atoms with E-state index in [1.54, 1.807) is 6.08 Å². The van der Waals surface area contributed by atoms with E-state index >= 15 is 0 Å². The lowest BCUT2D eigenvalue weighted by atomic mass is 9.87. The van der Waals surface area contributed by atoms with Gasteiger partial charge < -0.3 is 0 Å². The van der Waals surface area contributed by atoms with Gasteiger partial charge in [-0.15, -0.1) is 0 Å². The highest BCUT2D eigenvalue weighted by molar-refractivity contribution is 4.97. The normalized spacial score (nSPS) is 18.3. The third-order valence-corrected chi connectivity index (χ3v) is 3.05. The van der Waals surface area contributed by atoms with Crippen molar-refractivity contribution in [2.75, 3.05) is 0 Å². The first-order valence-electron chi connectivity index (χ1n) is 5.78. The maximum Gasteiger partial charge on any atom is 0.0816 e. The molecule has 0 heterocycles. The van der Waals surface area contributed by atoms with Crippen LogP contribution in [0.5, 0.6) is 0 Å². The number of rotatable bonds is 6. The average Bonchev–Trinajstić information content (AvgIpc) is 2.24. The van der Waals surface area contributed by atoms with Crippen molar-refractivity contribution in [1.82, 2.24) is 5.12 Å². The lowest BCUT2D eigenvalue weighted by Gasteiger charge is -2.29. The van der Waals surface area contributed by atoms with Gasteiger partial charge in [-0.05, 0) is 25.7 Å². The van der Waals surface area contributed by atoms with E-state index in [0.29, 0.717) is 11.8 Å². The van der Waals surface area contributed by atoms with Crippen molar-refractivity contribution < 1.29 is 4.48 Å². The second-order valence-electron chi connectivity index (χ2n) is 4.09. The van der Waals surface area contributed by atoms with E-state index in [0.717, 1.165) is 11.5 Å². The predicted molar refractivity (Wildman–Crippen MR) is 65.0 cm³/mol. The van der Waals surface area contributed by atoms with Crippen LogP contribution in [0.3, 0.4) is 0 Å². The summed E-state index contributed by atoms with van der Waals surface area (Å²) in [4.78, 5) is 0. The summed E-state index contributed by atoms with van der Waals surface area (Å²) in [6, 6.07) is -0.152. The zero-order valence-corrected chi connectivity index (χ0v) is 10.6. The molecule has 0 rings (SSSR count). The summed E-state index contributed by atoms with van der Waals surface area (Å²) in [5.41, 5.74) is 0. The van der Waals surface area contributed by atoms with Crippen molar-refractivity contribution in [3.63, 3.8) is 0 Å². The predicted octanol–water partition coefficient (Wildman–Crippen LogP) is 4.33. The molecule has 0 amide bonds. The highest BCUT2D eigenvalue weighted by atomic mass is 19.2. The van der Waals surface area contributed by atoms with Gasteiger partial charge in [0.25, 0.3) is 0 Å². The van der Waals surface area contributed by atoms with Crippen LogP contribution in [0.2, 0.25) is 0 Å². The fourth-order valence-corrected chi connectivity index (χ4v) is 1.63. The summed E-state index contributed by atoms with van der Waals surface area (Å²) in [6.45, 7) is 10.2. The fourth-order valence-electron chi connectivity index (χ4n) is 1.63. The highest BCUT2D eigenvalue weighted by Crippen LogP contribution is 2.24. The molecular weight excluding hydrogens is 189 g/mol. The van der Waals surface area contributed by atoms with E-state index in [9.17, 15) is 4.48 Å². The fraction of sp³-hybridized carbons (Fsp3) is 0.692. The van der Waals surface area contributed by atoms with Crippen LogP contribution in [-0.2, 0) is 0 Å². The molecule has 3 atom stereocenters. The molecule has 0 saturated carbocycles. The Morgan fingerprint density at radius 1 is 1.20 bits per heavy atom. The molecule has 0 bridgehead atoms. The first-order valence-corrected chi connectivity index (χ1v) is 5.78. The van der Waals surface area contributed by atoms with Gasteiger partial charge in [-0.3, -0.25) is 0 Å². The van der Waals surface area contributed by atoms with Crippen molar-refractivity contribution in [1.29, 1.82) is 0 Å². The molecule has 0 N–H and O–H groups in total. The zero-order chi connectivity index (χ0) is 11.8. The van der Waals surface area contributed by atoms with E-state index in [4.69, 9.17) is 0 Å². The number of hydrogen-bond acceptors (Lipinski definition) is 1. The minimum Gasteiger partial charge on any atom is -0.212 e. The smallest absolute Gasteiger partial charge is 0.0816 e. The van der Waals surface area contributed by atoms with Gasteiger partial charge in [0.05, 0.1) is 6.04 Å². The molecule has 2 heteroatoms. The molecule has 0 spiro atoms. The summed E-state index contributed by atoms with van der Waals surface area (Å²) in [5.74, 6) is 0.835. The molecule has 1 nitrogen and oxygen atoms in total. The number of halogens is 1. The minimum atomic E-state index is -0.152. The van der Waals surface area contributed by atoms with Gasteiger partial charge >= 0.3 is 0 Å². The van der Waals surface area contributed by atoms with Crippen LogP contribution in [-0.4, -0.2) is 11.2 Å². The average molecular weight is 213 g/mol. The van der Waals surface area contributed by atoms with Gasteiger partial charge in [0, 0.05) is 6.20 Å². The molecule has 0 aromatic heterocycles. The van der Waals surface area contributed by atoms with Gasteiger partial charge in [-0.25, -0.2) is 5.12 Å². The van der Waals surface area contributed by atoms with E-state index in [1.165, 1.54) is 6.20 Å². The molecule has 0 aromatic rings. The van der Waals surface area contributed by atoms with E-state index in [1.807, 2.05) is 26.0 Å². The molecule has 0 aliphatic rings. The summed E-state index contributed by atoms with van der Waals surface area (Å²) in [5, 5.41) is 0.802. The van der Waals surface area contributed by atoms with E-state index in [-0.39, 0.29) is 6.04 Å². The Morgan fingerprint density at radius 3 is 2.20 bits per heavy atom. The van der Waals surface area contributed by atoms with Crippen LogP contribution in [0.1, 0.15) is 41.0 Å². The van der Waals surface area contributed by atoms with Crippen LogP contribution >= 0.6 is 0 Å². The van der Waals surface area contributed by atoms with Crippen molar-refractivity contribution >= 4 is 0 Å². The molecule has 0 radical (unpaired) electrons. The summed E-state index contributed by atoms with van der Waals surface area (Å²) in [6.07, 6.45) is 8.14. The Kier molecular flexibility index (Phi) is 7.10. The maximum atomic E-state index is 13.7. The topological polar surface area (TPSA) is 3.24 Å². The third-order valence-electron chi connectivity index (χ3n) is 3.05. The number of allylic oxidation sites excluding steroid dienone is 2. The maximum absolute atomic E-state index is 13.7. The number of nitrogens with zero attached hydrogens (tertiary/aromatic N) is 1.